The van der Waals surface area contributed by atoms with E-state index in [9.17, 15) is 0 Å². The van der Waals surface area contributed by atoms with Crippen molar-refractivity contribution in [1.29, 1.82) is 0 Å². The Morgan fingerprint density at radius 2 is 2.00 bits per heavy atom. The Morgan fingerprint density at radius 1 is 1.40 bits per heavy atom. The molecule has 0 aromatic carbocycles. The standard InChI is InChI=1S/C8H19NO/c1-3-4-5-8(2,9)6-7-10/h10H,3-7,9H2,1-2H3. The molecule has 0 aromatic heterocycles. The molecule has 0 saturated heterocycles. The molecule has 0 aromatic rings. The number of hydrogen-bond donors (Lipinski definition) is 2. The molecular formula is C8H19NO. The van der Waals surface area contributed by atoms with Crippen molar-refractivity contribution in [3.63, 3.8) is 0 Å². The van der Waals surface area contributed by atoms with E-state index >= 15 is 0 Å². The highest BCUT2D eigenvalue weighted by Gasteiger charge is 2.15. The van der Waals surface area contributed by atoms with Gasteiger partial charge in [-0.3, -0.25) is 0 Å². The normalized spacial score (nSPS) is 16.8. The predicted octanol–water partition coefficient (Wildman–Crippen LogP) is 1.28. The van der Waals surface area contributed by atoms with Crippen LogP contribution in [0.5, 0.6) is 0 Å². The zero-order valence-corrected chi connectivity index (χ0v) is 7.06. The van der Waals surface area contributed by atoms with Crippen LogP contribution in [-0.2, 0) is 0 Å². The van der Waals surface area contributed by atoms with Crippen molar-refractivity contribution in [3.05, 3.63) is 0 Å². The van der Waals surface area contributed by atoms with Crippen LogP contribution in [0.15, 0.2) is 0 Å². The largest absolute Gasteiger partial charge is 0.396 e. The molecule has 1 atom stereocenters. The first kappa shape index (κ1) is 9.92. The minimum atomic E-state index is -0.148. The lowest BCUT2D eigenvalue weighted by molar-refractivity contribution is 0.238. The minimum absolute atomic E-state index is 0.148. The van der Waals surface area contributed by atoms with Gasteiger partial charge in [0.1, 0.15) is 0 Å². The average Bonchev–Trinajstić information content (AvgIpc) is 1.84. The lowest BCUT2D eigenvalue weighted by atomic mass is 9.93. The molecule has 0 spiro atoms. The van der Waals surface area contributed by atoms with Crippen molar-refractivity contribution in [2.24, 2.45) is 5.73 Å². The fourth-order valence-electron chi connectivity index (χ4n) is 0.961. The molecule has 0 bridgehead atoms. The molecule has 0 aliphatic rings. The second-order valence-electron chi connectivity index (χ2n) is 3.23. The summed E-state index contributed by atoms with van der Waals surface area (Å²) in [5.74, 6) is 0. The van der Waals surface area contributed by atoms with Crippen molar-refractivity contribution in [1.82, 2.24) is 0 Å². The van der Waals surface area contributed by atoms with Gasteiger partial charge < -0.3 is 10.8 Å². The average molecular weight is 145 g/mol. The van der Waals surface area contributed by atoms with Gasteiger partial charge in [-0.2, -0.15) is 0 Å². The van der Waals surface area contributed by atoms with Crippen LogP contribution in [-0.4, -0.2) is 17.3 Å². The number of unbranched alkanes of at least 4 members (excludes halogenated alkanes) is 1. The van der Waals surface area contributed by atoms with E-state index in [1.165, 1.54) is 6.42 Å². The SMILES string of the molecule is CCCCC(C)(N)CCO. The lowest BCUT2D eigenvalue weighted by Crippen LogP contribution is -2.36. The summed E-state index contributed by atoms with van der Waals surface area (Å²) in [6.07, 6.45) is 4.07. The highest BCUT2D eigenvalue weighted by atomic mass is 16.3. The van der Waals surface area contributed by atoms with Crippen LogP contribution in [0.25, 0.3) is 0 Å². The summed E-state index contributed by atoms with van der Waals surface area (Å²) in [7, 11) is 0. The third kappa shape index (κ3) is 4.77. The summed E-state index contributed by atoms with van der Waals surface area (Å²) in [6, 6.07) is 0. The van der Waals surface area contributed by atoms with E-state index in [4.69, 9.17) is 10.8 Å². The van der Waals surface area contributed by atoms with Crippen molar-refractivity contribution >= 4 is 0 Å². The number of aliphatic hydroxyl groups excluding tert-OH is 1. The van der Waals surface area contributed by atoms with Crippen molar-refractivity contribution in [2.45, 2.75) is 45.1 Å². The molecule has 0 fully saturated rings. The fraction of sp³-hybridized carbons (Fsp3) is 1.00. The molecule has 0 saturated carbocycles. The van der Waals surface area contributed by atoms with Crippen LogP contribution in [0.3, 0.4) is 0 Å². The second-order valence-corrected chi connectivity index (χ2v) is 3.23. The zero-order chi connectivity index (χ0) is 8.04. The molecule has 2 heteroatoms. The van der Waals surface area contributed by atoms with Crippen LogP contribution in [0.1, 0.15) is 39.5 Å². The van der Waals surface area contributed by atoms with Crippen LogP contribution >= 0.6 is 0 Å². The highest BCUT2D eigenvalue weighted by Crippen LogP contribution is 2.13. The van der Waals surface area contributed by atoms with Gasteiger partial charge in [-0.05, 0) is 19.8 Å². The fourth-order valence-corrected chi connectivity index (χ4v) is 0.961. The van der Waals surface area contributed by atoms with Crippen molar-refractivity contribution < 1.29 is 5.11 Å². The molecule has 1 unspecified atom stereocenters. The Labute approximate surface area is 63.4 Å². The molecule has 0 radical (unpaired) electrons. The van der Waals surface area contributed by atoms with Gasteiger partial charge in [-0.1, -0.05) is 19.8 Å². The lowest BCUT2D eigenvalue weighted by Gasteiger charge is -2.22. The Kier molecular flexibility index (Phi) is 4.65. The highest BCUT2D eigenvalue weighted by molar-refractivity contribution is 4.77. The molecule has 10 heavy (non-hydrogen) atoms. The summed E-state index contributed by atoms with van der Waals surface area (Å²) in [6.45, 7) is 4.35. The topological polar surface area (TPSA) is 46.2 Å². The van der Waals surface area contributed by atoms with Gasteiger partial charge in [0.25, 0.3) is 0 Å². The molecular weight excluding hydrogens is 126 g/mol. The molecule has 0 aliphatic carbocycles. The summed E-state index contributed by atoms with van der Waals surface area (Å²) in [4.78, 5) is 0. The van der Waals surface area contributed by atoms with E-state index < -0.39 is 0 Å². The van der Waals surface area contributed by atoms with Gasteiger partial charge in [0, 0.05) is 12.1 Å². The molecule has 0 heterocycles. The first-order valence-electron chi connectivity index (χ1n) is 4.02. The van der Waals surface area contributed by atoms with Crippen molar-refractivity contribution in [2.75, 3.05) is 6.61 Å². The maximum Gasteiger partial charge on any atom is 0.0448 e. The van der Waals surface area contributed by atoms with E-state index in [1.807, 2.05) is 6.92 Å². The third-order valence-corrected chi connectivity index (χ3v) is 1.78. The minimum Gasteiger partial charge on any atom is -0.396 e. The van der Waals surface area contributed by atoms with E-state index in [-0.39, 0.29) is 12.1 Å². The summed E-state index contributed by atoms with van der Waals surface area (Å²) in [5, 5.41) is 8.62. The maximum absolute atomic E-state index is 8.62. The number of aliphatic hydroxyl groups is 1. The summed E-state index contributed by atoms with van der Waals surface area (Å²) >= 11 is 0. The monoisotopic (exact) mass is 145 g/mol. The van der Waals surface area contributed by atoms with Gasteiger partial charge in [0.2, 0.25) is 0 Å². The molecule has 0 rings (SSSR count). The summed E-state index contributed by atoms with van der Waals surface area (Å²) < 4.78 is 0. The first-order valence-corrected chi connectivity index (χ1v) is 4.02. The quantitative estimate of drug-likeness (QED) is 0.612. The van der Waals surface area contributed by atoms with Gasteiger partial charge in [-0.15, -0.1) is 0 Å². The number of rotatable bonds is 5. The van der Waals surface area contributed by atoms with E-state index in [0.29, 0.717) is 6.42 Å². The van der Waals surface area contributed by atoms with E-state index in [0.717, 1.165) is 12.8 Å². The smallest absolute Gasteiger partial charge is 0.0448 e. The van der Waals surface area contributed by atoms with Crippen LogP contribution < -0.4 is 5.73 Å². The molecule has 0 aliphatic heterocycles. The Hall–Kier alpha value is -0.0800. The Balaban J connectivity index is 3.42. The molecule has 62 valence electrons. The zero-order valence-electron chi connectivity index (χ0n) is 7.06. The van der Waals surface area contributed by atoms with Gasteiger partial charge in [0.05, 0.1) is 0 Å². The van der Waals surface area contributed by atoms with Crippen LogP contribution in [0, 0.1) is 0 Å². The molecule has 0 amide bonds. The summed E-state index contributed by atoms with van der Waals surface area (Å²) in [5.41, 5.74) is 5.71. The number of nitrogens with two attached hydrogens (primary N) is 1. The molecule has 2 nitrogen and oxygen atoms in total. The second kappa shape index (κ2) is 4.69. The third-order valence-electron chi connectivity index (χ3n) is 1.78. The Bertz CT molecular complexity index is 81.3. The first-order chi connectivity index (χ1) is 4.62. The van der Waals surface area contributed by atoms with Gasteiger partial charge in [-0.25, -0.2) is 0 Å². The maximum atomic E-state index is 8.62. The van der Waals surface area contributed by atoms with E-state index in [2.05, 4.69) is 6.92 Å². The van der Waals surface area contributed by atoms with Crippen LogP contribution in [0.2, 0.25) is 0 Å². The van der Waals surface area contributed by atoms with E-state index in [1.54, 1.807) is 0 Å². The molecule has 3 N–H and O–H groups in total. The van der Waals surface area contributed by atoms with Crippen molar-refractivity contribution in [3.8, 4) is 0 Å². The Morgan fingerprint density at radius 3 is 2.40 bits per heavy atom. The van der Waals surface area contributed by atoms with Gasteiger partial charge >= 0.3 is 0 Å². The van der Waals surface area contributed by atoms with Crippen LogP contribution in [0.4, 0.5) is 0 Å². The van der Waals surface area contributed by atoms with Gasteiger partial charge in [0.15, 0.2) is 0 Å². The predicted molar refractivity (Wildman–Crippen MR) is 43.8 cm³/mol. The number of hydrogen-bond acceptors (Lipinski definition) is 2.